The number of aliphatic carboxylic acids is 1. The van der Waals surface area contributed by atoms with Gasteiger partial charge in [-0.2, -0.15) is 0 Å². The summed E-state index contributed by atoms with van der Waals surface area (Å²) in [5.74, 6) is -1.15. The molecular formula is C13H17NO2. The Morgan fingerprint density at radius 2 is 2.25 bits per heavy atom. The van der Waals surface area contributed by atoms with Gasteiger partial charge < -0.3 is 10.4 Å². The number of rotatable bonds is 3. The van der Waals surface area contributed by atoms with Gasteiger partial charge in [-0.3, -0.25) is 4.79 Å². The molecule has 0 aromatic heterocycles. The number of benzene rings is 1. The molecule has 1 aliphatic rings. The summed E-state index contributed by atoms with van der Waals surface area (Å²) in [5, 5.41) is 12.5. The van der Waals surface area contributed by atoms with Gasteiger partial charge in [-0.1, -0.05) is 31.5 Å². The van der Waals surface area contributed by atoms with Crippen LogP contribution in [0, 0.1) is 0 Å². The van der Waals surface area contributed by atoms with Gasteiger partial charge in [0.15, 0.2) is 0 Å². The lowest BCUT2D eigenvalue weighted by molar-refractivity contribution is -0.138. The Balaban J connectivity index is 2.44. The van der Waals surface area contributed by atoms with Crippen molar-refractivity contribution >= 4 is 11.7 Å². The summed E-state index contributed by atoms with van der Waals surface area (Å²) in [4.78, 5) is 11.2. The predicted molar refractivity (Wildman–Crippen MR) is 63.9 cm³/mol. The Labute approximate surface area is 95.5 Å². The molecule has 2 rings (SSSR count). The lowest BCUT2D eigenvalue weighted by Crippen LogP contribution is -2.23. The summed E-state index contributed by atoms with van der Waals surface area (Å²) in [6, 6.07) is 5.93. The average molecular weight is 219 g/mol. The van der Waals surface area contributed by atoms with Gasteiger partial charge in [0.25, 0.3) is 0 Å². The van der Waals surface area contributed by atoms with E-state index >= 15 is 0 Å². The molecule has 1 aromatic carbocycles. The molecule has 3 nitrogen and oxygen atoms in total. The zero-order valence-corrected chi connectivity index (χ0v) is 9.66. The summed E-state index contributed by atoms with van der Waals surface area (Å²) >= 11 is 0. The third kappa shape index (κ3) is 1.66. The number of anilines is 1. The zero-order chi connectivity index (χ0) is 11.7. The van der Waals surface area contributed by atoms with E-state index in [4.69, 9.17) is 0 Å². The Hall–Kier alpha value is -1.51. The number of nitrogens with one attached hydrogen (secondary N) is 1. The molecule has 2 N–H and O–H groups in total. The smallest absolute Gasteiger partial charge is 0.313 e. The van der Waals surface area contributed by atoms with E-state index in [1.54, 1.807) is 0 Å². The average Bonchev–Trinajstić information content (AvgIpc) is 2.55. The zero-order valence-electron chi connectivity index (χ0n) is 9.66. The van der Waals surface area contributed by atoms with Crippen molar-refractivity contribution in [1.29, 1.82) is 0 Å². The van der Waals surface area contributed by atoms with E-state index in [0.717, 1.165) is 24.1 Å². The van der Waals surface area contributed by atoms with Crippen LogP contribution in [0.25, 0.3) is 0 Å². The van der Waals surface area contributed by atoms with Gasteiger partial charge in [0.05, 0.1) is 0 Å². The number of para-hydroxylation sites is 1. The van der Waals surface area contributed by atoms with Gasteiger partial charge in [-0.25, -0.2) is 0 Å². The van der Waals surface area contributed by atoms with Crippen LogP contribution in [0.3, 0.4) is 0 Å². The number of fused-ring (bicyclic) bond motifs is 1. The number of aryl methyl sites for hydroxylation is 1. The second kappa shape index (κ2) is 4.16. The van der Waals surface area contributed by atoms with E-state index in [9.17, 15) is 9.90 Å². The highest BCUT2D eigenvalue weighted by atomic mass is 16.4. The van der Waals surface area contributed by atoms with E-state index in [2.05, 4.69) is 18.3 Å². The number of hydrogen-bond acceptors (Lipinski definition) is 2. The first-order valence-electron chi connectivity index (χ1n) is 5.76. The first-order valence-corrected chi connectivity index (χ1v) is 5.76. The van der Waals surface area contributed by atoms with E-state index in [-0.39, 0.29) is 6.04 Å². The lowest BCUT2D eigenvalue weighted by atomic mass is 9.94. The van der Waals surface area contributed by atoms with Crippen molar-refractivity contribution < 1.29 is 9.90 Å². The number of carboxylic acids is 1. The maximum Gasteiger partial charge on any atom is 0.313 e. The van der Waals surface area contributed by atoms with Crippen LogP contribution in [0.4, 0.5) is 5.69 Å². The Kier molecular flexibility index (Phi) is 2.86. The Morgan fingerprint density at radius 3 is 2.88 bits per heavy atom. The summed E-state index contributed by atoms with van der Waals surface area (Å²) in [5.41, 5.74) is 3.21. The Morgan fingerprint density at radius 1 is 1.50 bits per heavy atom. The standard InChI is InChI=1S/C13H17NO2/c1-3-5-9-6-4-7-10-11(13(15)16)8(2)14-12(9)10/h4,6-8,11,14H,3,5H2,1-2H3,(H,15,16). The van der Waals surface area contributed by atoms with Crippen LogP contribution in [-0.2, 0) is 11.2 Å². The maximum atomic E-state index is 11.2. The van der Waals surface area contributed by atoms with Crippen LogP contribution in [0.1, 0.15) is 37.3 Å². The molecule has 1 heterocycles. The van der Waals surface area contributed by atoms with Gasteiger partial charge in [0.2, 0.25) is 0 Å². The summed E-state index contributed by atoms with van der Waals surface area (Å²) in [7, 11) is 0. The molecule has 2 unspecified atom stereocenters. The molecule has 0 spiro atoms. The molecule has 0 amide bonds. The normalized spacial score (nSPS) is 22.6. The van der Waals surface area contributed by atoms with Gasteiger partial charge in [0.1, 0.15) is 5.92 Å². The number of carboxylic acid groups (broad SMARTS) is 1. The Bertz CT molecular complexity index is 414. The quantitative estimate of drug-likeness (QED) is 0.821. The van der Waals surface area contributed by atoms with Crippen LogP contribution < -0.4 is 5.32 Å². The molecule has 0 fully saturated rings. The lowest BCUT2D eigenvalue weighted by Gasteiger charge is -2.09. The van der Waals surface area contributed by atoms with Crippen LogP contribution in [0.5, 0.6) is 0 Å². The van der Waals surface area contributed by atoms with Crippen molar-refractivity contribution in [2.24, 2.45) is 0 Å². The third-order valence-corrected chi connectivity index (χ3v) is 3.18. The summed E-state index contributed by atoms with van der Waals surface area (Å²) < 4.78 is 0. The van der Waals surface area contributed by atoms with Crippen molar-refractivity contribution in [3.8, 4) is 0 Å². The first kappa shape index (κ1) is 11.0. The molecule has 1 aliphatic heterocycles. The fourth-order valence-corrected chi connectivity index (χ4v) is 2.46. The van der Waals surface area contributed by atoms with Crippen molar-refractivity contribution in [1.82, 2.24) is 0 Å². The first-order chi connectivity index (χ1) is 7.65. The second-order valence-corrected chi connectivity index (χ2v) is 4.38. The largest absolute Gasteiger partial charge is 0.481 e. The van der Waals surface area contributed by atoms with Gasteiger partial charge in [-0.15, -0.1) is 0 Å². The van der Waals surface area contributed by atoms with E-state index in [0.29, 0.717) is 0 Å². The van der Waals surface area contributed by atoms with Crippen LogP contribution in [0.2, 0.25) is 0 Å². The van der Waals surface area contributed by atoms with Crippen molar-refractivity contribution in [2.75, 3.05) is 5.32 Å². The molecule has 16 heavy (non-hydrogen) atoms. The van der Waals surface area contributed by atoms with E-state index < -0.39 is 11.9 Å². The minimum absolute atomic E-state index is 0.0227. The fraction of sp³-hybridized carbons (Fsp3) is 0.462. The molecule has 0 saturated carbocycles. The van der Waals surface area contributed by atoms with Crippen molar-refractivity contribution in [3.05, 3.63) is 29.3 Å². The molecule has 0 aliphatic carbocycles. The minimum Gasteiger partial charge on any atom is -0.481 e. The van der Waals surface area contributed by atoms with Crippen molar-refractivity contribution in [2.45, 2.75) is 38.6 Å². The highest BCUT2D eigenvalue weighted by Gasteiger charge is 2.35. The molecule has 3 heteroatoms. The highest BCUT2D eigenvalue weighted by molar-refractivity contribution is 5.84. The van der Waals surface area contributed by atoms with Crippen LogP contribution in [-0.4, -0.2) is 17.1 Å². The van der Waals surface area contributed by atoms with Crippen LogP contribution >= 0.6 is 0 Å². The third-order valence-electron chi connectivity index (χ3n) is 3.18. The molecule has 0 radical (unpaired) electrons. The maximum absolute atomic E-state index is 11.2. The second-order valence-electron chi connectivity index (χ2n) is 4.38. The predicted octanol–water partition coefficient (Wildman–Crippen LogP) is 2.62. The topological polar surface area (TPSA) is 49.3 Å². The van der Waals surface area contributed by atoms with E-state index in [1.807, 2.05) is 19.1 Å². The van der Waals surface area contributed by atoms with Gasteiger partial charge in [0, 0.05) is 11.7 Å². The van der Waals surface area contributed by atoms with Gasteiger partial charge in [-0.05, 0) is 24.5 Å². The highest BCUT2D eigenvalue weighted by Crippen LogP contribution is 2.38. The van der Waals surface area contributed by atoms with Gasteiger partial charge >= 0.3 is 5.97 Å². The molecule has 1 aromatic rings. The molecular weight excluding hydrogens is 202 g/mol. The fourth-order valence-electron chi connectivity index (χ4n) is 2.46. The number of carbonyl (C=O) groups is 1. The molecule has 2 atom stereocenters. The monoisotopic (exact) mass is 219 g/mol. The summed E-state index contributed by atoms with van der Waals surface area (Å²) in [6.45, 7) is 4.06. The molecule has 0 bridgehead atoms. The number of hydrogen-bond donors (Lipinski definition) is 2. The minimum atomic E-state index is -0.743. The summed E-state index contributed by atoms with van der Waals surface area (Å²) in [6.07, 6.45) is 2.07. The van der Waals surface area contributed by atoms with Crippen molar-refractivity contribution in [3.63, 3.8) is 0 Å². The van der Waals surface area contributed by atoms with Crippen LogP contribution in [0.15, 0.2) is 18.2 Å². The molecule has 0 saturated heterocycles. The SMILES string of the molecule is CCCc1cccc2c1NC(C)C2C(=O)O. The molecule has 86 valence electrons. The van der Waals surface area contributed by atoms with E-state index in [1.165, 1.54) is 5.56 Å².